The van der Waals surface area contributed by atoms with Crippen molar-refractivity contribution in [2.45, 2.75) is 43.2 Å². The maximum Gasteiger partial charge on any atom is 0.130 e. The first kappa shape index (κ1) is 18.3. The summed E-state index contributed by atoms with van der Waals surface area (Å²) < 4.78 is 19.5. The lowest BCUT2D eigenvalue weighted by molar-refractivity contribution is -0.107. The fourth-order valence-electron chi connectivity index (χ4n) is 4.10. The Bertz CT molecular complexity index is 633. The van der Waals surface area contributed by atoms with Crippen molar-refractivity contribution in [2.75, 3.05) is 26.7 Å². The summed E-state index contributed by atoms with van der Waals surface area (Å²) in [5, 5.41) is 0. The normalized spacial score (nSPS) is 30.2. The minimum absolute atomic E-state index is 0.0737. The van der Waals surface area contributed by atoms with Crippen molar-refractivity contribution in [3.63, 3.8) is 0 Å². The molecular weight excluding hydrogens is 321 g/mol. The fourth-order valence-corrected chi connectivity index (χ4v) is 4.10. The zero-order valence-corrected chi connectivity index (χ0v) is 14.8. The molecular formula is C19H28FN3O2. The molecule has 5 nitrogen and oxygen atoms in total. The number of ether oxygens (including phenoxy) is 1. The fraction of sp³-hybridized carbons (Fsp3) is 0.632. The van der Waals surface area contributed by atoms with Crippen LogP contribution in [0.15, 0.2) is 18.2 Å². The molecule has 0 aromatic heterocycles. The van der Waals surface area contributed by atoms with Crippen LogP contribution in [-0.4, -0.2) is 49.0 Å². The summed E-state index contributed by atoms with van der Waals surface area (Å²) in [6.07, 6.45) is 4.43. The molecule has 0 radical (unpaired) electrons. The molecule has 1 saturated heterocycles. The summed E-state index contributed by atoms with van der Waals surface area (Å²) in [5.74, 6) is 0.505. The first-order valence-corrected chi connectivity index (χ1v) is 8.99. The molecule has 2 unspecified atom stereocenters. The number of nitrogens with zero attached hydrogens (tertiary/aromatic N) is 1. The van der Waals surface area contributed by atoms with Gasteiger partial charge in [-0.25, -0.2) is 4.39 Å². The van der Waals surface area contributed by atoms with Gasteiger partial charge in [-0.1, -0.05) is 6.07 Å². The number of rotatable bonds is 7. The summed E-state index contributed by atoms with van der Waals surface area (Å²) in [7, 11) is 2.13. The SMILES string of the molecule is CN1CCC(C2(N)CC2(N)CCOc2ccc(CC=O)c(F)c2)CC1. The number of carbonyl (C=O) groups excluding carboxylic acids is 1. The van der Waals surface area contributed by atoms with Crippen molar-refractivity contribution < 1.29 is 13.9 Å². The Hall–Kier alpha value is -1.50. The Kier molecular flexibility index (Phi) is 5.14. The Morgan fingerprint density at radius 2 is 2.08 bits per heavy atom. The van der Waals surface area contributed by atoms with Gasteiger partial charge in [0.25, 0.3) is 0 Å². The molecule has 4 N–H and O–H groups in total. The summed E-state index contributed by atoms with van der Waals surface area (Å²) in [5.41, 5.74) is 12.8. The molecule has 1 aliphatic carbocycles. The van der Waals surface area contributed by atoms with E-state index < -0.39 is 5.82 Å². The van der Waals surface area contributed by atoms with Gasteiger partial charge in [-0.05, 0) is 56.9 Å². The number of aldehydes is 1. The minimum atomic E-state index is -0.419. The number of piperidine rings is 1. The monoisotopic (exact) mass is 349 g/mol. The second kappa shape index (κ2) is 7.02. The molecule has 0 bridgehead atoms. The molecule has 3 rings (SSSR count). The standard InChI is InChI=1S/C19H28FN3O2/c1-23-8-4-15(5-9-23)19(22)13-18(19,21)7-11-25-16-3-2-14(6-10-24)17(20)12-16/h2-3,10,12,15H,4-9,11,13,21-22H2,1H3. The van der Waals surface area contributed by atoms with Crippen molar-refractivity contribution in [3.8, 4) is 5.75 Å². The van der Waals surface area contributed by atoms with Crippen LogP contribution in [0.1, 0.15) is 31.2 Å². The third kappa shape index (κ3) is 3.71. The van der Waals surface area contributed by atoms with Gasteiger partial charge in [0.2, 0.25) is 0 Å². The number of carbonyl (C=O) groups is 1. The summed E-state index contributed by atoms with van der Waals surface area (Å²) in [4.78, 5) is 12.8. The minimum Gasteiger partial charge on any atom is -0.493 e. The van der Waals surface area contributed by atoms with Crippen LogP contribution in [-0.2, 0) is 11.2 Å². The van der Waals surface area contributed by atoms with Gasteiger partial charge in [0.1, 0.15) is 17.9 Å². The van der Waals surface area contributed by atoms with Gasteiger partial charge in [0.05, 0.1) is 6.61 Å². The number of halogens is 1. The maximum atomic E-state index is 13.8. The average Bonchev–Trinajstić information content (AvgIpc) is 3.13. The molecule has 2 atom stereocenters. The van der Waals surface area contributed by atoms with Gasteiger partial charge in [-0.15, -0.1) is 0 Å². The molecule has 1 saturated carbocycles. The second-order valence-corrected chi connectivity index (χ2v) is 7.67. The Morgan fingerprint density at radius 1 is 1.36 bits per heavy atom. The Morgan fingerprint density at radius 3 is 2.72 bits per heavy atom. The molecule has 1 aliphatic heterocycles. The van der Waals surface area contributed by atoms with Crippen LogP contribution in [0.3, 0.4) is 0 Å². The van der Waals surface area contributed by atoms with Crippen molar-refractivity contribution >= 4 is 6.29 Å². The third-order valence-electron chi connectivity index (χ3n) is 6.00. The molecule has 6 heteroatoms. The summed E-state index contributed by atoms with van der Waals surface area (Å²) in [6, 6.07) is 4.59. The van der Waals surface area contributed by atoms with Crippen LogP contribution in [0.25, 0.3) is 0 Å². The van der Waals surface area contributed by atoms with E-state index in [1.807, 2.05) is 0 Å². The molecule has 0 amide bonds. The van der Waals surface area contributed by atoms with E-state index in [-0.39, 0.29) is 17.5 Å². The molecule has 138 valence electrons. The molecule has 1 aromatic rings. The van der Waals surface area contributed by atoms with Gasteiger partial charge in [-0.3, -0.25) is 0 Å². The Balaban J connectivity index is 1.51. The predicted molar refractivity (Wildman–Crippen MR) is 95.0 cm³/mol. The smallest absolute Gasteiger partial charge is 0.130 e. The number of nitrogens with two attached hydrogens (primary N) is 2. The zero-order chi connectivity index (χ0) is 18.1. The number of benzene rings is 1. The van der Waals surface area contributed by atoms with Crippen LogP contribution >= 0.6 is 0 Å². The van der Waals surface area contributed by atoms with Crippen LogP contribution in [0.4, 0.5) is 4.39 Å². The van der Waals surface area contributed by atoms with Gasteiger partial charge in [0.15, 0.2) is 0 Å². The molecule has 2 aliphatic rings. The van der Waals surface area contributed by atoms with Crippen LogP contribution in [0.2, 0.25) is 0 Å². The first-order valence-electron chi connectivity index (χ1n) is 8.99. The van der Waals surface area contributed by atoms with E-state index >= 15 is 0 Å². The lowest BCUT2D eigenvalue weighted by atomic mass is 9.84. The van der Waals surface area contributed by atoms with Gasteiger partial charge in [0, 0.05) is 30.0 Å². The van der Waals surface area contributed by atoms with Gasteiger partial charge in [-0.2, -0.15) is 0 Å². The van der Waals surface area contributed by atoms with Crippen molar-refractivity contribution in [2.24, 2.45) is 17.4 Å². The second-order valence-electron chi connectivity index (χ2n) is 7.67. The molecule has 1 heterocycles. The van der Waals surface area contributed by atoms with Gasteiger partial charge >= 0.3 is 0 Å². The highest BCUT2D eigenvalue weighted by Gasteiger charge is 2.65. The van der Waals surface area contributed by atoms with Crippen molar-refractivity contribution in [1.29, 1.82) is 0 Å². The highest BCUT2D eigenvalue weighted by Crippen LogP contribution is 2.53. The number of hydrogen-bond donors (Lipinski definition) is 2. The largest absolute Gasteiger partial charge is 0.493 e. The molecule has 2 fully saturated rings. The molecule has 25 heavy (non-hydrogen) atoms. The van der Waals surface area contributed by atoms with E-state index in [0.29, 0.717) is 36.5 Å². The highest BCUT2D eigenvalue weighted by atomic mass is 19.1. The summed E-state index contributed by atoms with van der Waals surface area (Å²) in [6.45, 7) is 2.56. The quantitative estimate of drug-likeness (QED) is 0.729. The zero-order valence-electron chi connectivity index (χ0n) is 14.8. The Labute approximate surface area is 148 Å². The van der Waals surface area contributed by atoms with E-state index in [1.54, 1.807) is 12.1 Å². The van der Waals surface area contributed by atoms with Gasteiger partial charge < -0.3 is 25.9 Å². The average molecular weight is 349 g/mol. The lowest BCUT2D eigenvalue weighted by Gasteiger charge is -2.35. The van der Waals surface area contributed by atoms with E-state index in [2.05, 4.69) is 11.9 Å². The molecule has 1 aromatic carbocycles. The van der Waals surface area contributed by atoms with Crippen LogP contribution in [0, 0.1) is 11.7 Å². The number of likely N-dealkylation sites (tertiary alicyclic amines) is 1. The lowest BCUT2D eigenvalue weighted by Crippen LogP contribution is -2.50. The third-order valence-corrected chi connectivity index (χ3v) is 6.00. The van der Waals surface area contributed by atoms with Crippen LogP contribution < -0.4 is 16.2 Å². The maximum absolute atomic E-state index is 13.8. The molecule has 0 spiro atoms. The highest BCUT2D eigenvalue weighted by molar-refractivity contribution is 5.55. The van der Waals surface area contributed by atoms with Crippen LogP contribution in [0.5, 0.6) is 5.75 Å². The first-order chi connectivity index (χ1) is 11.9. The summed E-state index contributed by atoms with van der Waals surface area (Å²) >= 11 is 0. The van der Waals surface area contributed by atoms with Crippen molar-refractivity contribution in [3.05, 3.63) is 29.6 Å². The van der Waals surface area contributed by atoms with E-state index in [4.69, 9.17) is 16.2 Å². The van der Waals surface area contributed by atoms with Crippen molar-refractivity contribution in [1.82, 2.24) is 4.90 Å². The number of hydrogen-bond acceptors (Lipinski definition) is 5. The van der Waals surface area contributed by atoms with E-state index in [1.165, 1.54) is 6.07 Å². The predicted octanol–water partition coefficient (Wildman–Crippen LogP) is 1.48. The topological polar surface area (TPSA) is 81.6 Å². The van der Waals surface area contributed by atoms with E-state index in [0.717, 1.165) is 32.4 Å². The van der Waals surface area contributed by atoms with E-state index in [9.17, 15) is 9.18 Å².